The van der Waals surface area contributed by atoms with Crippen LogP contribution in [0.1, 0.15) is 19.7 Å². The summed E-state index contributed by atoms with van der Waals surface area (Å²) in [5, 5.41) is 3.13. The van der Waals surface area contributed by atoms with Gasteiger partial charge < -0.3 is 15.8 Å². The molecule has 1 aromatic heterocycles. The summed E-state index contributed by atoms with van der Waals surface area (Å²) < 4.78 is 5.03. The van der Waals surface area contributed by atoms with E-state index in [-0.39, 0.29) is 6.04 Å². The van der Waals surface area contributed by atoms with Gasteiger partial charge in [0.2, 0.25) is 5.88 Å². The molecule has 1 aromatic rings. The van der Waals surface area contributed by atoms with Crippen LogP contribution in [0.5, 0.6) is 5.88 Å². The fourth-order valence-electron chi connectivity index (χ4n) is 1.09. The van der Waals surface area contributed by atoms with E-state index in [9.17, 15) is 0 Å². The molecule has 1 heterocycles. The molecule has 5 heteroatoms. The molecule has 0 aromatic carbocycles. The van der Waals surface area contributed by atoms with Crippen LogP contribution in [0.4, 0.5) is 11.5 Å². The average Bonchev–Trinajstić information content (AvgIpc) is 2.09. The molecule has 0 aliphatic heterocycles. The van der Waals surface area contributed by atoms with E-state index in [1.807, 2.05) is 13.8 Å². The topological polar surface area (TPSA) is 73.1 Å². The number of methoxy groups -OCH3 is 1. The van der Waals surface area contributed by atoms with E-state index in [4.69, 9.17) is 10.5 Å². The van der Waals surface area contributed by atoms with E-state index in [2.05, 4.69) is 15.3 Å². The highest BCUT2D eigenvalue weighted by molar-refractivity contribution is 5.67. The van der Waals surface area contributed by atoms with Crippen LogP contribution in [-0.2, 0) is 0 Å². The van der Waals surface area contributed by atoms with E-state index in [1.54, 1.807) is 6.92 Å². The van der Waals surface area contributed by atoms with Gasteiger partial charge >= 0.3 is 0 Å². The first-order valence-electron chi connectivity index (χ1n) is 4.49. The van der Waals surface area contributed by atoms with E-state index in [0.29, 0.717) is 23.2 Å². The number of aryl methyl sites for hydroxylation is 1. The lowest BCUT2D eigenvalue weighted by molar-refractivity contribution is 0.398. The highest BCUT2D eigenvalue weighted by Gasteiger charge is 2.10. The lowest BCUT2D eigenvalue weighted by atomic mass is 10.3. The second-order valence-electron chi connectivity index (χ2n) is 3.34. The fraction of sp³-hybridized carbons (Fsp3) is 0.556. The summed E-state index contributed by atoms with van der Waals surface area (Å²) in [5.74, 6) is 1.68. The first-order chi connectivity index (χ1) is 6.54. The number of nitrogens with two attached hydrogens (primary N) is 1. The SMILES string of the molecule is COc1nc(C)nc(NC(C)C)c1N. The van der Waals surface area contributed by atoms with Gasteiger partial charge in [-0.3, -0.25) is 0 Å². The van der Waals surface area contributed by atoms with Crippen molar-refractivity contribution in [3.63, 3.8) is 0 Å². The smallest absolute Gasteiger partial charge is 0.242 e. The van der Waals surface area contributed by atoms with Crippen LogP contribution in [0.25, 0.3) is 0 Å². The van der Waals surface area contributed by atoms with Gasteiger partial charge in [0.25, 0.3) is 0 Å². The van der Waals surface area contributed by atoms with Gasteiger partial charge in [-0.25, -0.2) is 4.98 Å². The first-order valence-corrected chi connectivity index (χ1v) is 4.49. The second-order valence-corrected chi connectivity index (χ2v) is 3.34. The molecule has 0 atom stereocenters. The van der Waals surface area contributed by atoms with Crippen molar-refractivity contribution in [3.05, 3.63) is 5.82 Å². The van der Waals surface area contributed by atoms with Crippen LogP contribution >= 0.6 is 0 Å². The van der Waals surface area contributed by atoms with Crippen molar-refractivity contribution < 1.29 is 4.74 Å². The minimum Gasteiger partial charge on any atom is -0.479 e. The zero-order valence-electron chi connectivity index (χ0n) is 8.96. The number of hydrogen-bond donors (Lipinski definition) is 2. The molecule has 0 saturated carbocycles. The van der Waals surface area contributed by atoms with Gasteiger partial charge in [0.05, 0.1) is 7.11 Å². The van der Waals surface area contributed by atoms with E-state index in [1.165, 1.54) is 7.11 Å². The minimum absolute atomic E-state index is 0.274. The molecule has 0 amide bonds. The molecular formula is C9H16N4O. The van der Waals surface area contributed by atoms with Gasteiger partial charge in [0.15, 0.2) is 5.82 Å². The molecule has 0 saturated heterocycles. The standard InChI is InChI=1S/C9H16N4O/c1-5(2)11-8-7(10)9(14-4)13-6(3)12-8/h5H,10H2,1-4H3,(H,11,12,13). The molecule has 0 aliphatic rings. The Kier molecular flexibility index (Phi) is 3.11. The lowest BCUT2D eigenvalue weighted by Crippen LogP contribution is -2.14. The maximum Gasteiger partial charge on any atom is 0.242 e. The van der Waals surface area contributed by atoms with Crippen LogP contribution in [0.2, 0.25) is 0 Å². The third-order valence-electron chi connectivity index (χ3n) is 1.64. The van der Waals surface area contributed by atoms with Crippen molar-refractivity contribution in [2.75, 3.05) is 18.2 Å². The van der Waals surface area contributed by atoms with E-state index in [0.717, 1.165) is 0 Å². The molecule has 3 N–H and O–H groups in total. The molecule has 0 unspecified atom stereocenters. The molecule has 5 nitrogen and oxygen atoms in total. The Morgan fingerprint density at radius 1 is 1.36 bits per heavy atom. The van der Waals surface area contributed by atoms with Crippen molar-refractivity contribution in [2.24, 2.45) is 0 Å². The fourth-order valence-corrected chi connectivity index (χ4v) is 1.09. The quantitative estimate of drug-likeness (QED) is 0.759. The van der Waals surface area contributed by atoms with Crippen molar-refractivity contribution in [1.82, 2.24) is 9.97 Å². The first kappa shape index (κ1) is 10.6. The summed E-state index contributed by atoms with van der Waals surface area (Å²) in [6, 6.07) is 0.274. The number of rotatable bonds is 3. The van der Waals surface area contributed by atoms with Crippen molar-refractivity contribution >= 4 is 11.5 Å². The van der Waals surface area contributed by atoms with Gasteiger partial charge in [0.1, 0.15) is 11.5 Å². The number of anilines is 2. The summed E-state index contributed by atoms with van der Waals surface area (Å²) in [5.41, 5.74) is 6.25. The average molecular weight is 196 g/mol. The van der Waals surface area contributed by atoms with Crippen molar-refractivity contribution in [1.29, 1.82) is 0 Å². The zero-order valence-corrected chi connectivity index (χ0v) is 8.96. The predicted molar refractivity (Wildman–Crippen MR) is 56.5 cm³/mol. The second kappa shape index (κ2) is 4.13. The summed E-state index contributed by atoms with van der Waals surface area (Å²) in [7, 11) is 1.54. The molecule has 78 valence electrons. The number of nitrogens with zero attached hydrogens (tertiary/aromatic N) is 2. The Balaban J connectivity index is 3.08. The maximum absolute atomic E-state index is 5.80. The molecule has 0 bridgehead atoms. The van der Waals surface area contributed by atoms with Crippen LogP contribution in [0.3, 0.4) is 0 Å². The summed E-state index contributed by atoms with van der Waals surface area (Å²) >= 11 is 0. The summed E-state index contributed by atoms with van der Waals surface area (Å²) in [4.78, 5) is 8.26. The molecule has 0 radical (unpaired) electrons. The Morgan fingerprint density at radius 2 is 2.00 bits per heavy atom. The largest absolute Gasteiger partial charge is 0.479 e. The zero-order chi connectivity index (χ0) is 10.7. The third-order valence-corrected chi connectivity index (χ3v) is 1.64. The number of nitrogens with one attached hydrogen (secondary N) is 1. The van der Waals surface area contributed by atoms with Gasteiger partial charge in [0, 0.05) is 6.04 Å². The molecule has 0 aliphatic carbocycles. The molecule has 1 rings (SSSR count). The van der Waals surface area contributed by atoms with Gasteiger partial charge in [-0.2, -0.15) is 4.98 Å². The van der Waals surface area contributed by atoms with Crippen LogP contribution < -0.4 is 15.8 Å². The van der Waals surface area contributed by atoms with Gasteiger partial charge in [-0.15, -0.1) is 0 Å². The number of aromatic nitrogens is 2. The Morgan fingerprint density at radius 3 is 2.50 bits per heavy atom. The van der Waals surface area contributed by atoms with Crippen LogP contribution in [0, 0.1) is 6.92 Å². The van der Waals surface area contributed by atoms with Gasteiger partial charge in [-0.1, -0.05) is 0 Å². The Hall–Kier alpha value is -1.52. The predicted octanol–water partition coefficient (Wildman–Crippen LogP) is 1.20. The highest BCUT2D eigenvalue weighted by Crippen LogP contribution is 2.25. The number of nitrogen functional groups attached to an aromatic ring is 1. The minimum atomic E-state index is 0.274. The molecule has 0 spiro atoms. The van der Waals surface area contributed by atoms with Crippen LogP contribution in [0.15, 0.2) is 0 Å². The Bertz CT molecular complexity index is 325. The van der Waals surface area contributed by atoms with Gasteiger partial charge in [-0.05, 0) is 20.8 Å². The third kappa shape index (κ3) is 2.25. The number of hydrogen-bond acceptors (Lipinski definition) is 5. The molecule has 14 heavy (non-hydrogen) atoms. The lowest BCUT2D eigenvalue weighted by Gasteiger charge is -2.13. The summed E-state index contributed by atoms with van der Waals surface area (Å²) in [6.45, 7) is 5.83. The Labute approximate surface area is 83.7 Å². The number of ether oxygens (including phenoxy) is 1. The normalized spacial score (nSPS) is 10.4. The van der Waals surface area contributed by atoms with Crippen molar-refractivity contribution in [3.8, 4) is 5.88 Å². The molecule has 0 fully saturated rings. The summed E-state index contributed by atoms with van der Waals surface area (Å²) in [6.07, 6.45) is 0. The maximum atomic E-state index is 5.80. The van der Waals surface area contributed by atoms with Crippen molar-refractivity contribution in [2.45, 2.75) is 26.8 Å². The highest BCUT2D eigenvalue weighted by atomic mass is 16.5. The molecular weight excluding hydrogens is 180 g/mol. The monoisotopic (exact) mass is 196 g/mol. The van der Waals surface area contributed by atoms with E-state index >= 15 is 0 Å². The van der Waals surface area contributed by atoms with Crippen LogP contribution in [-0.4, -0.2) is 23.1 Å². The van der Waals surface area contributed by atoms with E-state index < -0.39 is 0 Å².